The van der Waals surface area contributed by atoms with Gasteiger partial charge < -0.3 is 9.84 Å². The molecule has 1 aromatic rings. The molecule has 0 aliphatic rings. The van der Waals surface area contributed by atoms with Crippen LogP contribution in [0.25, 0.3) is 0 Å². The smallest absolute Gasteiger partial charge is 0.339 e. The quantitative estimate of drug-likeness (QED) is 0.333. The van der Waals surface area contributed by atoms with Crippen LogP contribution in [0.3, 0.4) is 0 Å². The molecule has 0 aliphatic carbocycles. The number of aromatic carboxylic acids is 1. The molecule has 0 radical (unpaired) electrons. The van der Waals surface area contributed by atoms with E-state index in [0.29, 0.717) is 0 Å². The molecular formula is C22H34O4. The highest BCUT2D eigenvalue weighted by molar-refractivity contribution is 6.02. The van der Waals surface area contributed by atoms with Crippen LogP contribution in [0, 0.1) is 0 Å². The second-order valence-corrected chi connectivity index (χ2v) is 7.00. The van der Waals surface area contributed by atoms with E-state index >= 15 is 0 Å². The second-order valence-electron chi connectivity index (χ2n) is 7.00. The van der Waals surface area contributed by atoms with E-state index in [0.717, 1.165) is 32.1 Å². The lowest BCUT2D eigenvalue weighted by molar-refractivity contribution is -0.0287. The number of carboxylic acid groups (broad SMARTS) is 1. The van der Waals surface area contributed by atoms with Crippen molar-refractivity contribution in [3.63, 3.8) is 0 Å². The first kappa shape index (κ1) is 22.2. The van der Waals surface area contributed by atoms with Gasteiger partial charge in [-0.25, -0.2) is 9.59 Å². The lowest BCUT2D eigenvalue weighted by atomic mass is 9.89. The lowest BCUT2D eigenvalue weighted by Crippen LogP contribution is -2.34. The number of unbranched alkanes of at least 4 members (excludes halogenated alkanes) is 6. The van der Waals surface area contributed by atoms with Gasteiger partial charge in [-0.1, -0.05) is 71.4 Å². The van der Waals surface area contributed by atoms with Crippen molar-refractivity contribution in [1.29, 1.82) is 0 Å². The molecule has 0 unspecified atom stereocenters. The van der Waals surface area contributed by atoms with Crippen molar-refractivity contribution in [1.82, 2.24) is 0 Å². The molecule has 0 heterocycles. The van der Waals surface area contributed by atoms with Gasteiger partial charge in [0.2, 0.25) is 0 Å². The lowest BCUT2D eigenvalue weighted by Gasteiger charge is -2.32. The number of hydrogen-bond acceptors (Lipinski definition) is 3. The van der Waals surface area contributed by atoms with Gasteiger partial charge in [0, 0.05) is 0 Å². The predicted octanol–water partition coefficient (Wildman–Crippen LogP) is 6.24. The normalized spacial score (nSPS) is 11.3. The van der Waals surface area contributed by atoms with Gasteiger partial charge >= 0.3 is 11.9 Å². The van der Waals surface area contributed by atoms with Gasteiger partial charge in [-0.15, -0.1) is 0 Å². The number of benzene rings is 1. The van der Waals surface area contributed by atoms with Crippen molar-refractivity contribution < 1.29 is 19.4 Å². The molecule has 0 saturated heterocycles. The van der Waals surface area contributed by atoms with Gasteiger partial charge in [-0.3, -0.25) is 0 Å². The van der Waals surface area contributed by atoms with E-state index in [-0.39, 0.29) is 11.1 Å². The number of carbonyl (C=O) groups excluding carboxylic acids is 1. The van der Waals surface area contributed by atoms with Crippen molar-refractivity contribution in [2.24, 2.45) is 0 Å². The number of carboxylic acids is 1. The van der Waals surface area contributed by atoms with E-state index in [1.807, 2.05) is 13.8 Å². The Hall–Kier alpha value is -1.84. The number of esters is 1. The number of carbonyl (C=O) groups is 2. The topological polar surface area (TPSA) is 63.6 Å². The number of ether oxygens (including phenoxy) is 1. The molecule has 0 amide bonds. The molecule has 0 saturated carbocycles. The molecule has 0 aliphatic heterocycles. The summed E-state index contributed by atoms with van der Waals surface area (Å²) >= 11 is 0. The first-order valence-electron chi connectivity index (χ1n) is 10.0. The molecule has 4 nitrogen and oxygen atoms in total. The van der Waals surface area contributed by atoms with Crippen LogP contribution in [0.4, 0.5) is 0 Å². The SMILES string of the molecule is CCCCCCCCCC(CC)(CC)OC(=O)c1ccccc1C(=O)O. The van der Waals surface area contributed by atoms with Crippen LogP contribution in [0.2, 0.25) is 0 Å². The third kappa shape index (κ3) is 6.81. The molecule has 4 heteroatoms. The minimum atomic E-state index is -1.11. The summed E-state index contributed by atoms with van der Waals surface area (Å²) in [6.45, 7) is 6.27. The molecular weight excluding hydrogens is 328 g/mol. The highest BCUT2D eigenvalue weighted by Gasteiger charge is 2.31. The summed E-state index contributed by atoms with van der Waals surface area (Å²) in [6, 6.07) is 6.25. The highest BCUT2D eigenvalue weighted by atomic mass is 16.6. The third-order valence-electron chi connectivity index (χ3n) is 5.21. The van der Waals surface area contributed by atoms with Gasteiger partial charge in [0.15, 0.2) is 0 Å². The zero-order valence-corrected chi connectivity index (χ0v) is 16.6. The van der Waals surface area contributed by atoms with E-state index in [1.54, 1.807) is 12.1 Å². The number of rotatable bonds is 13. The molecule has 0 bridgehead atoms. The first-order chi connectivity index (χ1) is 12.5. The maximum atomic E-state index is 12.6. The average Bonchev–Trinajstić information content (AvgIpc) is 2.66. The Bertz CT molecular complexity index is 561. The van der Waals surface area contributed by atoms with Gasteiger partial charge in [0.25, 0.3) is 0 Å². The van der Waals surface area contributed by atoms with Crippen molar-refractivity contribution in [3.05, 3.63) is 35.4 Å². The summed E-state index contributed by atoms with van der Waals surface area (Å²) < 4.78 is 5.86. The Morgan fingerprint density at radius 2 is 1.42 bits per heavy atom. The van der Waals surface area contributed by atoms with Crippen LogP contribution in [0.1, 0.15) is 106 Å². The number of hydrogen-bond donors (Lipinski definition) is 1. The minimum absolute atomic E-state index is 0.00506. The first-order valence-corrected chi connectivity index (χ1v) is 10.0. The molecule has 26 heavy (non-hydrogen) atoms. The fraction of sp³-hybridized carbons (Fsp3) is 0.636. The minimum Gasteiger partial charge on any atom is -0.478 e. The third-order valence-corrected chi connectivity index (χ3v) is 5.21. The van der Waals surface area contributed by atoms with Crippen LogP contribution in [-0.4, -0.2) is 22.6 Å². The van der Waals surface area contributed by atoms with Gasteiger partial charge in [0.1, 0.15) is 5.60 Å². The van der Waals surface area contributed by atoms with Gasteiger partial charge in [-0.2, -0.15) is 0 Å². The fourth-order valence-electron chi connectivity index (χ4n) is 3.30. The summed E-state index contributed by atoms with van der Waals surface area (Å²) in [5, 5.41) is 9.28. The maximum absolute atomic E-state index is 12.6. The summed E-state index contributed by atoms with van der Waals surface area (Å²) in [5.74, 6) is -1.64. The van der Waals surface area contributed by atoms with Crippen molar-refractivity contribution in [3.8, 4) is 0 Å². The Kier molecular flexibility index (Phi) is 10.0. The zero-order chi connectivity index (χ0) is 19.4. The largest absolute Gasteiger partial charge is 0.478 e. The molecule has 1 rings (SSSR count). The van der Waals surface area contributed by atoms with E-state index in [4.69, 9.17) is 4.74 Å². The zero-order valence-electron chi connectivity index (χ0n) is 16.6. The maximum Gasteiger partial charge on any atom is 0.339 e. The molecule has 0 fully saturated rings. The van der Waals surface area contributed by atoms with Crippen molar-refractivity contribution in [2.75, 3.05) is 0 Å². The van der Waals surface area contributed by atoms with Gasteiger partial charge in [-0.05, 0) is 37.8 Å². The fourth-order valence-corrected chi connectivity index (χ4v) is 3.30. The van der Waals surface area contributed by atoms with Gasteiger partial charge in [0.05, 0.1) is 11.1 Å². The van der Waals surface area contributed by atoms with E-state index in [9.17, 15) is 14.7 Å². The molecule has 0 atom stereocenters. The Morgan fingerprint density at radius 3 is 1.96 bits per heavy atom. The molecule has 0 spiro atoms. The van der Waals surface area contributed by atoms with Crippen LogP contribution in [-0.2, 0) is 4.74 Å². The molecule has 146 valence electrons. The highest BCUT2D eigenvalue weighted by Crippen LogP contribution is 2.29. The van der Waals surface area contributed by atoms with E-state index in [1.165, 1.54) is 44.2 Å². The summed E-state index contributed by atoms with van der Waals surface area (Å²) in [5.41, 5.74) is -0.382. The standard InChI is InChI=1S/C22H34O4/c1-4-7-8-9-10-11-14-17-22(5-2,6-3)26-21(25)19-16-13-12-15-18(19)20(23)24/h12-13,15-16H,4-11,14,17H2,1-3H3,(H,23,24). The monoisotopic (exact) mass is 362 g/mol. The van der Waals surface area contributed by atoms with E-state index < -0.39 is 17.5 Å². The van der Waals surface area contributed by atoms with Crippen molar-refractivity contribution >= 4 is 11.9 Å². The van der Waals surface area contributed by atoms with Crippen LogP contribution >= 0.6 is 0 Å². The Balaban J connectivity index is 2.66. The Morgan fingerprint density at radius 1 is 0.885 bits per heavy atom. The van der Waals surface area contributed by atoms with Crippen LogP contribution in [0.15, 0.2) is 24.3 Å². The van der Waals surface area contributed by atoms with Crippen molar-refractivity contribution in [2.45, 2.75) is 90.6 Å². The molecule has 1 aromatic carbocycles. The van der Waals surface area contributed by atoms with Crippen LogP contribution in [0.5, 0.6) is 0 Å². The van der Waals surface area contributed by atoms with Crippen LogP contribution < -0.4 is 0 Å². The summed E-state index contributed by atoms with van der Waals surface area (Å²) in [7, 11) is 0. The molecule has 0 aromatic heterocycles. The average molecular weight is 363 g/mol. The molecule has 1 N–H and O–H groups in total. The summed E-state index contributed by atoms with van der Waals surface area (Å²) in [4.78, 5) is 24.0. The van der Waals surface area contributed by atoms with E-state index in [2.05, 4.69) is 6.92 Å². The summed E-state index contributed by atoms with van der Waals surface area (Å²) in [6.07, 6.45) is 10.8. The Labute approximate surface area is 158 Å². The predicted molar refractivity (Wildman–Crippen MR) is 105 cm³/mol. The second kappa shape index (κ2) is 11.7.